The number of benzene rings is 1. The summed E-state index contributed by atoms with van der Waals surface area (Å²) < 4.78 is 0.962. The van der Waals surface area contributed by atoms with Gasteiger partial charge in [0, 0.05) is 11.0 Å². The van der Waals surface area contributed by atoms with Crippen LogP contribution in [0, 0.1) is 5.41 Å². The van der Waals surface area contributed by atoms with Gasteiger partial charge in [-0.15, -0.1) is 0 Å². The second-order valence-corrected chi connectivity index (χ2v) is 6.51. The molecule has 3 N–H and O–H groups in total. The molecule has 0 aliphatic rings. The Bertz CT molecular complexity index is 480. The number of carbonyl (C=O) groups excluding carboxylic acids is 1. The van der Waals surface area contributed by atoms with E-state index in [9.17, 15) is 9.59 Å². The Morgan fingerprint density at radius 2 is 1.80 bits per heavy atom. The van der Waals surface area contributed by atoms with Crippen LogP contribution in [0.1, 0.15) is 26.3 Å². The summed E-state index contributed by atoms with van der Waals surface area (Å²) in [6.07, 6.45) is 0. The number of urea groups is 1. The molecule has 5 nitrogen and oxygen atoms in total. The summed E-state index contributed by atoms with van der Waals surface area (Å²) in [5, 5.41) is 14.3. The van der Waals surface area contributed by atoms with Crippen molar-refractivity contribution in [2.45, 2.75) is 33.4 Å². The molecule has 110 valence electrons. The molecule has 0 fully saturated rings. The second kappa shape index (κ2) is 6.74. The minimum absolute atomic E-state index is 0.343. The van der Waals surface area contributed by atoms with E-state index in [-0.39, 0.29) is 0 Å². The molecular weight excluding hydrogens is 324 g/mol. The van der Waals surface area contributed by atoms with Gasteiger partial charge >= 0.3 is 12.0 Å². The molecule has 0 saturated carbocycles. The fourth-order valence-electron chi connectivity index (χ4n) is 1.62. The normalized spacial score (nSPS) is 12.6. The molecule has 0 spiro atoms. The lowest BCUT2D eigenvalue weighted by Crippen LogP contribution is -2.52. The zero-order chi connectivity index (χ0) is 15.3. The highest BCUT2D eigenvalue weighted by molar-refractivity contribution is 9.10. The quantitative estimate of drug-likeness (QED) is 0.787. The maximum atomic E-state index is 11.8. The number of hydrogen-bond donors (Lipinski definition) is 3. The zero-order valence-electron chi connectivity index (χ0n) is 11.7. The van der Waals surface area contributed by atoms with E-state index in [4.69, 9.17) is 5.11 Å². The summed E-state index contributed by atoms with van der Waals surface area (Å²) in [6, 6.07) is 6.09. The molecule has 1 atom stereocenters. The fraction of sp³-hybridized carbons (Fsp3) is 0.429. The largest absolute Gasteiger partial charge is 0.480 e. The maximum absolute atomic E-state index is 11.8. The third-order valence-corrected chi connectivity index (χ3v) is 3.28. The standard InChI is InChI=1S/C14H19BrN2O3/c1-14(2,3)11(12(18)19)17-13(20)16-8-9-4-6-10(15)7-5-9/h4-7,11H,8H2,1-3H3,(H,18,19)(H2,16,17,20)/t11-/m0/s1. The van der Waals surface area contributed by atoms with Gasteiger partial charge in [-0.3, -0.25) is 0 Å². The molecule has 2 amide bonds. The van der Waals surface area contributed by atoms with Crippen molar-refractivity contribution in [2.75, 3.05) is 0 Å². The summed E-state index contributed by atoms with van der Waals surface area (Å²) in [5.74, 6) is -1.05. The minimum Gasteiger partial charge on any atom is -0.480 e. The van der Waals surface area contributed by atoms with Gasteiger partial charge in [0.15, 0.2) is 0 Å². The molecule has 0 aliphatic heterocycles. The van der Waals surface area contributed by atoms with Crippen LogP contribution in [0.25, 0.3) is 0 Å². The van der Waals surface area contributed by atoms with Gasteiger partial charge in [0.2, 0.25) is 0 Å². The van der Waals surface area contributed by atoms with Crippen molar-refractivity contribution >= 4 is 27.9 Å². The number of carboxylic acids is 1. The lowest BCUT2D eigenvalue weighted by atomic mass is 9.87. The van der Waals surface area contributed by atoms with Gasteiger partial charge in [0.1, 0.15) is 6.04 Å². The van der Waals surface area contributed by atoms with Crippen LogP contribution in [0.2, 0.25) is 0 Å². The van der Waals surface area contributed by atoms with E-state index in [0.29, 0.717) is 6.54 Å². The lowest BCUT2D eigenvalue weighted by molar-refractivity contribution is -0.141. The van der Waals surface area contributed by atoms with E-state index < -0.39 is 23.5 Å². The first-order chi connectivity index (χ1) is 9.20. The van der Waals surface area contributed by atoms with Crippen LogP contribution < -0.4 is 10.6 Å². The number of rotatable bonds is 4. The molecule has 0 radical (unpaired) electrons. The highest BCUT2D eigenvalue weighted by atomic mass is 79.9. The molecule has 20 heavy (non-hydrogen) atoms. The van der Waals surface area contributed by atoms with Gasteiger partial charge in [0.05, 0.1) is 0 Å². The van der Waals surface area contributed by atoms with Gasteiger partial charge in [-0.05, 0) is 23.1 Å². The molecule has 0 saturated heterocycles. The van der Waals surface area contributed by atoms with Crippen LogP contribution in [0.5, 0.6) is 0 Å². The highest BCUT2D eigenvalue weighted by Crippen LogP contribution is 2.19. The van der Waals surface area contributed by atoms with Crippen molar-refractivity contribution in [3.05, 3.63) is 34.3 Å². The Morgan fingerprint density at radius 1 is 1.25 bits per heavy atom. The predicted octanol–water partition coefficient (Wildman–Crippen LogP) is 2.75. The number of hydrogen-bond acceptors (Lipinski definition) is 2. The summed E-state index contributed by atoms with van der Waals surface area (Å²) in [5.41, 5.74) is 0.381. The number of carbonyl (C=O) groups is 2. The van der Waals surface area contributed by atoms with E-state index in [0.717, 1.165) is 10.0 Å². The van der Waals surface area contributed by atoms with Crippen LogP contribution in [-0.2, 0) is 11.3 Å². The van der Waals surface area contributed by atoms with E-state index in [1.807, 2.05) is 24.3 Å². The summed E-state index contributed by atoms with van der Waals surface area (Å²) in [4.78, 5) is 22.9. The Kier molecular flexibility index (Phi) is 5.56. The smallest absolute Gasteiger partial charge is 0.326 e. The first-order valence-electron chi connectivity index (χ1n) is 6.22. The molecule has 0 aromatic heterocycles. The van der Waals surface area contributed by atoms with Crippen molar-refractivity contribution in [1.29, 1.82) is 0 Å². The number of aliphatic carboxylic acids is 1. The van der Waals surface area contributed by atoms with Gasteiger partial charge in [0.25, 0.3) is 0 Å². The Balaban J connectivity index is 2.54. The monoisotopic (exact) mass is 342 g/mol. The molecule has 1 aromatic rings. The third-order valence-electron chi connectivity index (χ3n) is 2.75. The van der Waals surface area contributed by atoms with Gasteiger partial charge in [-0.1, -0.05) is 48.8 Å². The molecule has 0 bridgehead atoms. The van der Waals surface area contributed by atoms with E-state index >= 15 is 0 Å². The summed E-state index contributed by atoms with van der Waals surface area (Å²) in [6.45, 7) is 5.64. The Morgan fingerprint density at radius 3 is 2.25 bits per heavy atom. The zero-order valence-corrected chi connectivity index (χ0v) is 13.3. The summed E-state index contributed by atoms with van der Waals surface area (Å²) in [7, 11) is 0. The van der Waals surface area contributed by atoms with Crippen LogP contribution in [0.4, 0.5) is 4.79 Å². The van der Waals surface area contributed by atoms with Crippen LogP contribution in [0.15, 0.2) is 28.7 Å². The Labute approximate surface area is 126 Å². The minimum atomic E-state index is -1.05. The predicted molar refractivity (Wildman–Crippen MR) is 80.4 cm³/mol. The second-order valence-electron chi connectivity index (χ2n) is 5.59. The van der Waals surface area contributed by atoms with E-state index in [2.05, 4.69) is 26.6 Å². The first kappa shape index (κ1) is 16.5. The lowest BCUT2D eigenvalue weighted by Gasteiger charge is -2.27. The molecular formula is C14H19BrN2O3. The number of carboxylic acid groups (broad SMARTS) is 1. The van der Waals surface area contributed by atoms with Crippen molar-refractivity contribution in [2.24, 2.45) is 5.41 Å². The average Bonchev–Trinajstić information content (AvgIpc) is 2.33. The SMILES string of the molecule is CC(C)(C)[C@@H](NC(=O)NCc1ccc(Br)cc1)C(=O)O. The van der Waals surface area contributed by atoms with E-state index in [1.165, 1.54) is 0 Å². The van der Waals surface area contributed by atoms with Gasteiger partial charge in [-0.25, -0.2) is 9.59 Å². The fourth-order valence-corrected chi connectivity index (χ4v) is 1.88. The first-order valence-corrected chi connectivity index (χ1v) is 7.01. The molecule has 0 unspecified atom stereocenters. The van der Waals surface area contributed by atoms with Gasteiger partial charge in [-0.2, -0.15) is 0 Å². The molecule has 0 aliphatic carbocycles. The van der Waals surface area contributed by atoms with Crippen molar-refractivity contribution in [1.82, 2.24) is 10.6 Å². The third kappa shape index (κ3) is 5.21. The average molecular weight is 343 g/mol. The van der Waals surface area contributed by atoms with E-state index in [1.54, 1.807) is 20.8 Å². The van der Waals surface area contributed by atoms with Crippen LogP contribution >= 0.6 is 15.9 Å². The number of nitrogens with one attached hydrogen (secondary N) is 2. The molecule has 0 heterocycles. The summed E-state index contributed by atoms with van der Waals surface area (Å²) >= 11 is 3.33. The number of amides is 2. The van der Waals surface area contributed by atoms with Crippen LogP contribution in [0.3, 0.4) is 0 Å². The highest BCUT2D eigenvalue weighted by Gasteiger charge is 2.32. The van der Waals surface area contributed by atoms with Crippen molar-refractivity contribution < 1.29 is 14.7 Å². The van der Waals surface area contributed by atoms with Crippen molar-refractivity contribution in [3.8, 4) is 0 Å². The molecule has 1 rings (SSSR count). The molecule has 1 aromatic carbocycles. The Hall–Kier alpha value is -1.56. The van der Waals surface area contributed by atoms with Crippen LogP contribution in [-0.4, -0.2) is 23.1 Å². The van der Waals surface area contributed by atoms with Gasteiger partial charge < -0.3 is 15.7 Å². The molecule has 6 heteroatoms. The maximum Gasteiger partial charge on any atom is 0.326 e. The van der Waals surface area contributed by atoms with Crippen molar-refractivity contribution in [3.63, 3.8) is 0 Å². The topological polar surface area (TPSA) is 78.4 Å². The number of halogens is 1.